The van der Waals surface area contributed by atoms with Gasteiger partial charge in [0.25, 0.3) is 11.8 Å². The Morgan fingerprint density at radius 2 is 1.87 bits per heavy atom. The van der Waals surface area contributed by atoms with Gasteiger partial charge in [-0.3, -0.25) is 14.5 Å². The second-order valence-electron chi connectivity index (χ2n) is 7.10. The fourth-order valence-corrected chi connectivity index (χ4v) is 3.79. The van der Waals surface area contributed by atoms with Gasteiger partial charge in [0.15, 0.2) is 6.10 Å². The molecule has 4 heterocycles. The van der Waals surface area contributed by atoms with Crippen LogP contribution in [0, 0.1) is 5.95 Å². The van der Waals surface area contributed by atoms with Gasteiger partial charge >= 0.3 is 0 Å². The van der Waals surface area contributed by atoms with Crippen molar-refractivity contribution in [3.63, 3.8) is 0 Å². The summed E-state index contributed by atoms with van der Waals surface area (Å²) in [4.78, 5) is 40.8. The fraction of sp³-hybridized carbons (Fsp3) is 0.190. The summed E-state index contributed by atoms with van der Waals surface area (Å²) in [5.41, 5.74) is 2.30. The molecule has 150 valence electrons. The Balaban J connectivity index is 1.64. The van der Waals surface area contributed by atoms with E-state index in [1.807, 2.05) is 12.1 Å². The highest BCUT2D eigenvalue weighted by Gasteiger charge is 2.41. The van der Waals surface area contributed by atoms with Gasteiger partial charge in [-0.25, -0.2) is 9.97 Å². The van der Waals surface area contributed by atoms with Crippen molar-refractivity contribution in [2.24, 2.45) is 0 Å². The first-order valence-electron chi connectivity index (χ1n) is 9.31. The van der Waals surface area contributed by atoms with Gasteiger partial charge in [-0.15, -0.1) is 0 Å². The Bertz CT molecular complexity index is 1180. The van der Waals surface area contributed by atoms with E-state index in [-0.39, 0.29) is 23.6 Å². The van der Waals surface area contributed by atoms with Crippen molar-refractivity contribution < 1.29 is 18.7 Å². The van der Waals surface area contributed by atoms with E-state index in [1.54, 1.807) is 32.2 Å². The van der Waals surface area contributed by atoms with E-state index in [9.17, 15) is 14.0 Å². The van der Waals surface area contributed by atoms with Crippen molar-refractivity contribution in [1.82, 2.24) is 15.0 Å². The van der Waals surface area contributed by atoms with Gasteiger partial charge in [0.1, 0.15) is 5.69 Å². The zero-order chi connectivity index (χ0) is 21.0. The van der Waals surface area contributed by atoms with Gasteiger partial charge in [-0.05, 0) is 30.2 Å². The first kappa shape index (κ1) is 18.2. The summed E-state index contributed by atoms with van der Waals surface area (Å²) in [5.74, 6) is -0.761. The zero-order valence-electron chi connectivity index (χ0n) is 16.1. The maximum absolute atomic E-state index is 13.4. The number of nitrogens with zero attached hydrogens (tertiary/aromatic N) is 5. The van der Waals surface area contributed by atoms with E-state index in [0.717, 1.165) is 5.56 Å². The first-order chi connectivity index (χ1) is 14.5. The normalized spacial score (nSPS) is 20.1. The molecule has 3 aromatic rings. The third kappa shape index (κ3) is 2.62. The Kier molecular flexibility index (Phi) is 3.99. The predicted octanol–water partition coefficient (Wildman–Crippen LogP) is 2.50. The molecule has 0 spiro atoms. The molecule has 0 fully saturated rings. The van der Waals surface area contributed by atoms with Crippen molar-refractivity contribution in [2.75, 3.05) is 16.8 Å². The van der Waals surface area contributed by atoms with Crippen molar-refractivity contribution in [3.8, 4) is 5.88 Å². The van der Waals surface area contributed by atoms with Gasteiger partial charge < -0.3 is 9.64 Å². The smallest absolute Gasteiger partial charge is 0.267 e. The summed E-state index contributed by atoms with van der Waals surface area (Å²) >= 11 is 0. The number of carbonyl (C=O) groups excluding carboxylic acids is 2. The van der Waals surface area contributed by atoms with Crippen LogP contribution in [0.3, 0.4) is 0 Å². The number of likely N-dealkylation sites (N-methyl/N-ethyl adjacent to an activating group) is 1. The van der Waals surface area contributed by atoms with Crippen LogP contribution in [0.15, 0.2) is 48.8 Å². The zero-order valence-corrected chi connectivity index (χ0v) is 16.1. The quantitative estimate of drug-likeness (QED) is 0.609. The standard InChI is InChI=1S/C21H16FN5O3/c1-11-19(28)26(2)15-10-24-21(25-18(15)30-11)27-17(12-7-8-16(22)23-9-12)13-5-3-4-6-14(13)20(27)29/h3-11,17H,1-2H3/t11-,17?/m1/s1. The molecule has 0 radical (unpaired) electrons. The minimum absolute atomic E-state index is 0.124. The molecule has 5 rings (SSSR count). The molecule has 1 aromatic carbocycles. The van der Waals surface area contributed by atoms with Crippen LogP contribution in [0.1, 0.15) is 34.5 Å². The average Bonchev–Trinajstić information content (AvgIpc) is 3.05. The Hall–Kier alpha value is -3.88. The summed E-state index contributed by atoms with van der Waals surface area (Å²) < 4.78 is 19.0. The van der Waals surface area contributed by atoms with Crippen LogP contribution in [0.4, 0.5) is 16.0 Å². The Morgan fingerprint density at radius 3 is 2.63 bits per heavy atom. The van der Waals surface area contributed by atoms with Crippen LogP contribution in [0.25, 0.3) is 0 Å². The topological polar surface area (TPSA) is 88.5 Å². The third-order valence-corrected chi connectivity index (χ3v) is 5.30. The second-order valence-corrected chi connectivity index (χ2v) is 7.10. The number of anilines is 2. The Labute approximate surface area is 171 Å². The van der Waals surface area contributed by atoms with E-state index in [1.165, 1.54) is 28.3 Å². The van der Waals surface area contributed by atoms with Gasteiger partial charge in [0.2, 0.25) is 17.8 Å². The van der Waals surface area contributed by atoms with Crippen molar-refractivity contribution >= 4 is 23.5 Å². The van der Waals surface area contributed by atoms with E-state index in [0.29, 0.717) is 16.8 Å². The molecule has 2 aromatic heterocycles. The minimum atomic E-state index is -0.700. The number of hydrogen-bond acceptors (Lipinski definition) is 6. The van der Waals surface area contributed by atoms with Crippen LogP contribution in [-0.2, 0) is 4.79 Å². The summed E-state index contributed by atoms with van der Waals surface area (Å²) in [5, 5.41) is 0. The largest absolute Gasteiger partial charge is 0.463 e. The van der Waals surface area contributed by atoms with E-state index in [2.05, 4.69) is 15.0 Å². The molecule has 0 saturated heterocycles. The van der Waals surface area contributed by atoms with Crippen molar-refractivity contribution in [3.05, 3.63) is 71.4 Å². The van der Waals surface area contributed by atoms with E-state index in [4.69, 9.17) is 4.74 Å². The van der Waals surface area contributed by atoms with Crippen LogP contribution in [0.5, 0.6) is 5.88 Å². The van der Waals surface area contributed by atoms with E-state index < -0.39 is 18.1 Å². The van der Waals surface area contributed by atoms with Gasteiger partial charge in [-0.2, -0.15) is 9.37 Å². The van der Waals surface area contributed by atoms with Crippen LogP contribution >= 0.6 is 0 Å². The number of rotatable bonds is 2. The number of benzene rings is 1. The number of ether oxygens (including phenoxy) is 1. The molecule has 0 N–H and O–H groups in total. The average molecular weight is 405 g/mol. The number of carbonyl (C=O) groups is 2. The van der Waals surface area contributed by atoms with Gasteiger partial charge in [0.05, 0.1) is 12.2 Å². The summed E-state index contributed by atoms with van der Waals surface area (Å²) in [6.45, 7) is 1.63. The lowest BCUT2D eigenvalue weighted by Crippen LogP contribution is -2.42. The molecule has 2 amide bonds. The number of fused-ring (bicyclic) bond motifs is 2. The van der Waals surface area contributed by atoms with Gasteiger partial charge in [-0.1, -0.05) is 24.3 Å². The lowest BCUT2D eigenvalue weighted by Gasteiger charge is -2.30. The van der Waals surface area contributed by atoms with Gasteiger partial charge in [0, 0.05) is 18.8 Å². The molecular weight excluding hydrogens is 389 g/mol. The lowest BCUT2D eigenvalue weighted by atomic mass is 9.99. The van der Waals surface area contributed by atoms with E-state index >= 15 is 0 Å². The number of halogens is 1. The number of pyridine rings is 1. The fourth-order valence-electron chi connectivity index (χ4n) is 3.79. The molecule has 1 unspecified atom stereocenters. The molecule has 0 saturated carbocycles. The molecule has 9 heteroatoms. The summed E-state index contributed by atoms with van der Waals surface area (Å²) in [6, 6.07) is 9.44. The number of aromatic nitrogens is 3. The molecule has 0 aliphatic carbocycles. The predicted molar refractivity (Wildman–Crippen MR) is 105 cm³/mol. The van der Waals surface area contributed by atoms with Crippen molar-refractivity contribution in [2.45, 2.75) is 19.1 Å². The second kappa shape index (κ2) is 6.58. The number of hydrogen-bond donors (Lipinski definition) is 0. The molecule has 2 aliphatic rings. The maximum Gasteiger partial charge on any atom is 0.267 e. The number of amides is 2. The molecule has 2 aliphatic heterocycles. The minimum Gasteiger partial charge on any atom is -0.463 e. The molecule has 2 atom stereocenters. The summed E-state index contributed by atoms with van der Waals surface area (Å²) in [7, 11) is 1.62. The van der Waals surface area contributed by atoms with Crippen LogP contribution in [-0.4, -0.2) is 39.9 Å². The van der Waals surface area contributed by atoms with Crippen LogP contribution in [0.2, 0.25) is 0 Å². The highest BCUT2D eigenvalue weighted by Crippen LogP contribution is 2.41. The molecular formula is C21H16FN5O3. The lowest BCUT2D eigenvalue weighted by molar-refractivity contribution is -0.125. The monoisotopic (exact) mass is 405 g/mol. The highest BCUT2D eigenvalue weighted by molar-refractivity contribution is 6.11. The van der Waals surface area contributed by atoms with Crippen LogP contribution < -0.4 is 14.5 Å². The SMILES string of the molecule is C[C@H]1Oc2nc(N3C(=O)c4ccccc4C3c3ccc(F)nc3)ncc2N(C)C1=O. The molecule has 30 heavy (non-hydrogen) atoms. The first-order valence-corrected chi connectivity index (χ1v) is 9.31. The third-order valence-electron chi connectivity index (χ3n) is 5.30. The molecule has 8 nitrogen and oxygen atoms in total. The molecule has 0 bridgehead atoms. The highest BCUT2D eigenvalue weighted by atomic mass is 19.1. The van der Waals surface area contributed by atoms with Crippen molar-refractivity contribution in [1.29, 1.82) is 0 Å². The summed E-state index contributed by atoms with van der Waals surface area (Å²) in [6.07, 6.45) is 2.15. The Morgan fingerprint density at radius 1 is 1.07 bits per heavy atom. The maximum atomic E-state index is 13.4.